The van der Waals surface area contributed by atoms with Crippen LogP contribution < -0.4 is 11.3 Å². The summed E-state index contributed by atoms with van der Waals surface area (Å²) in [5.41, 5.74) is 3.94. The van der Waals surface area contributed by atoms with Crippen LogP contribution in [0.15, 0.2) is 18.2 Å². The molecule has 3 unspecified atom stereocenters. The number of ether oxygens (including phenoxy) is 1. The van der Waals surface area contributed by atoms with Gasteiger partial charge in [0.15, 0.2) is 0 Å². The number of nitrogens with two attached hydrogens (primary N) is 1. The lowest BCUT2D eigenvalue weighted by atomic mass is 9.92. The van der Waals surface area contributed by atoms with Crippen LogP contribution in [0.5, 0.6) is 0 Å². The van der Waals surface area contributed by atoms with E-state index in [1.165, 1.54) is 0 Å². The number of hydrazine groups is 1. The van der Waals surface area contributed by atoms with E-state index in [0.717, 1.165) is 25.0 Å². The van der Waals surface area contributed by atoms with Crippen LogP contribution in [0.2, 0.25) is 10.0 Å². The molecule has 100 valence electrons. The third kappa shape index (κ3) is 3.37. The van der Waals surface area contributed by atoms with Crippen LogP contribution in [0.1, 0.15) is 18.9 Å². The molecule has 2 rings (SSSR count). The molecule has 1 fully saturated rings. The fraction of sp³-hybridized carbons (Fsp3) is 0.538. The van der Waals surface area contributed by atoms with Crippen molar-refractivity contribution in [3.05, 3.63) is 33.8 Å². The molecule has 0 spiro atoms. The summed E-state index contributed by atoms with van der Waals surface area (Å²) < 4.78 is 5.59. The van der Waals surface area contributed by atoms with E-state index >= 15 is 0 Å². The molecule has 0 aromatic heterocycles. The second-order valence-electron chi connectivity index (χ2n) is 4.85. The predicted molar refractivity (Wildman–Crippen MR) is 74.8 cm³/mol. The zero-order chi connectivity index (χ0) is 13.1. The van der Waals surface area contributed by atoms with Gasteiger partial charge >= 0.3 is 0 Å². The van der Waals surface area contributed by atoms with E-state index in [9.17, 15) is 0 Å². The molecule has 5 heteroatoms. The van der Waals surface area contributed by atoms with Gasteiger partial charge in [-0.05, 0) is 37.5 Å². The third-order valence-electron chi connectivity index (χ3n) is 3.47. The highest BCUT2D eigenvalue weighted by atomic mass is 35.5. The lowest BCUT2D eigenvalue weighted by Crippen LogP contribution is -2.42. The van der Waals surface area contributed by atoms with E-state index in [1.807, 2.05) is 12.1 Å². The summed E-state index contributed by atoms with van der Waals surface area (Å²) >= 11 is 12.1. The number of halogens is 2. The molecule has 0 bridgehead atoms. The van der Waals surface area contributed by atoms with Crippen molar-refractivity contribution in [2.45, 2.75) is 31.9 Å². The predicted octanol–water partition coefficient (Wildman–Crippen LogP) is 2.79. The topological polar surface area (TPSA) is 47.3 Å². The SMILES string of the molecule is CC1CC(C(Cc2ccc(Cl)cc2Cl)NN)CO1. The molecule has 1 heterocycles. The maximum atomic E-state index is 6.18. The molecule has 18 heavy (non-hydrogen) atoms. The van der Waals surface area contributed by atoms with Gasteiger partial charge in [0.2, 0.25) is 0 Å². The van der Waals surface area contributed by atoms with E-state index < -0.39 is 0 Å². The number of rotatable bonds is 4. The minimum absolute atomic E-state index is 0.175. The Hall–Kier alpha value is -0.320. The molecule has 3 N–H and O–H groups in total. The molecule has 0 radical (unpaired) electrons. The van der Waals surface area contributed by atoms with Gasteiger partial charge in [-0.15, -0.1) is 0 Å². The highest BCUT2D eigenvalue weighted by Gasteiger charge is 2.29. The monoisotopic (exact) mass is 288 g/mol. The minimum atomic E-state index is 0.175. The summed E-state index contributed by atoms with van der Waals surface area (Å²) in [6, 6.07) is 5.74. The molecule has 0 aliphatic carbocycles. The first-order valence-electron chi connectivity index (χ1n) is 6.11. The highest BCUT2D eigenvalue weighted by Crippen LogP contribution is 2.27. The number of nitrogens with one attached hydrogen (secondary N) is 1. The fourth-order valence-electron chi connectivity index (χ4n) is 2.42. The van der Waals surface area contributed by atoms with Gasteiger partial charge in [0.25, 0.3) is 0 Å². The van der Waals surface area contributed by atoms with Crippen LogP contribution in [0.3, 0.4) is 0 Å². The van der Waals surface area contributed by atoms with E-state index in [-0.39, 0.29) is 6.04 Å². The maximum Gasteiger partial charge on any atom is 0.0551 e. The Kier molecular flexibility index (Phi) is 4.87. The van der Waals surface area contributed by atoms with Crippen LogP contribution in [-0.4, -0.2) is 18.8 Å². The Labute approximate surface area is 118 Å². The van der Waals surface area contributed by atoms with Crippen molar-refractivity contribution < 1.29 is 4.74 Å². The molecule has 0 saturated carbocycles. The largest absolute Gasteiger partial charge is 0.378 e. The van der Waals surface area contributed by atoms with Crippen molar-refractivity contribution in [1.82, 2.24) is 5.43 Å². The zero-order valence-corrected chi connectivity index (χ0v) is 11.8. The summed E-state index contributed by atoms with van der Waals surface area (Å²) in [6.45, 7) is 2.84. The van der Waals surface area contributed by atoms with E-state index in [2.05, 4.69) is 12.3 Å². The van der Waals surface area contributed by atoms with Crippen molar-refractivity contribution >= 4 is 23.2 Å². The van der Waals surface area contributed by atoms with Crippen LogP contribution in [-0.2, 0) is 11.2 Å². The van der Waals surface area contributed by atoms with Crippen LogP contribution in [0.25, 0.3) is 0 Å². The number of hydrogen-bond acceptors (Lipinski definition) is 3. The average Bonchev–Trinajstić information content (AvgIpc) is 2.75. The van der Waals surface area contributed by atoms with Crippen LogP contribution >= 0.6 is 23.2 Å². The lowest BCUT2D eigenvalue weighted by molar-refractivity contribution is 0.117. The normalized spacial score (nSPS) is 25.3. The minimum Gasteiger partial charge on any atom is -0.378 e. The molecule has 3 atom stereocenters. The van der Waals surface area contributed by atoms with Crippen molar-refractivity contribution in [2.75, 3.05) is 6.61 Å². The van der Waals surface area contributed by atoms with Gasteiger partial charge in [-0.2, -0.15) is 0 Å². The molecule has 1 aliphatic heterocycles. The van der Waals surface area contributed by atoms with E-state index in [0.29, 0.717) is 22.1 Å². The standard InChI is InChI=1S/C13H18Cl2N2O/c1-8-4-10(7-18-8)13(17-16)5-9-2-3-11(14)6-12(9)15/h2-3,6,8,10,13,17H,4-5,7,16H2,1H3. The van der Waals surface area contributed by atoms with Gasteiger partial charge in [0, 0.05) is 22.0 Å². The molecule has 3 nitrogen and oxygen atoms in total. The number of benzene rings is 1. The first-order chi connectivity index (χ1) is 8.60. The number of hydrogen-bond donors (Lipinski definition) is 2. The summed E-state index contributed by atoms with van der Waals surface area (Å²) in [6.07, 6.45) is 2.12. The van der Waals surface area contributed by atoms with Crippen molar-refractivity contribution in [3.8, 4) is 0 Å². The van der Waals surface area contributed by atoms with Gasteiger partial charge in [0.1, 0.15) is 0 Å². The van der Waals surface area contributed by atoms with E-state index in [4.69, 9.17) is 33.8 Å². The van der Waals surface area contributed by atoms with Crippen molar-refractivity contribution in [1.29, 1.82) is 0 Å². The van der Waals surface area contributed by atoms with Crippen LogP contribution in [0.4, 0.5) is 0 Å². The summed E-state index contributed by atoms with van der Waals surface area (Å²) in [5.74, 6) is 6.08. The Morgan fingerprint density at radius 3 is 2.83 bits per heavy atom. The second-order valence-corrected chi connectivity index (χ2v) is 5.70. The molecule has 0 amide bonds. The van der Waals surface area contributed by atoms with Crippen molar-refractivity contribution in [2.24, 2.45) is 11.8 Å². The Balaban J connectivity index is 2.05. The average molecular weight is 289 g/mol. The fourth-order valence-corrected chi connectivity index (χ4v) is 2.90. The quantitative estimate of drug-likeness (QED) is 0.662. The maximum absolute atomic E-state index is 6.18. The first kappa shape index (κ1) is 14.1. The summed E-state index contributed by atoms with van der Waals surface area (Å²) in [7, 11) is 0. The van der Waals surface area contributed by atoms with Gasteiger partial charge < -0.3 is 4.74 Å². The Morgan fingerprint density at radius 1 is 1.50 bits per heavy atom. The highest BCUT2D eigenvalue weighted by molar-refractivity contribution is 6.35. The molecule has 1 aromatic rings. The van der Waals surface area contributed by atoms with Gasteiger partial charge in [-0.3, -0.25) is 11.3 Å². The summed E-state index contributed by atoms with van der Waals surface area (Å²) in [4.78, 5) is 0. The van der Waals surface area contributed by atoms with Crippen LogP contribution in [0, 0.1) is 5.92 Å². The Bertz CT molecular complexity index is 414. The van der Waals surface area contributed by atoms with Gasteiger partial charge in [-0.1, -0.05) is 29.3 Å². The second kappa shape index (κ2) is 6.22. The molecule has 1 aliphatic rings. The Morgan fingerprint density at radius 2 is 2.28 bits per heavy atom. The molecular weight excluding hydrogens is 271 g/mol. The zero-order valence-electron chi connectivity index (χ0n) is 10.3. The lowest BCUT2D eigenvalue weighted by Gasteiger charge is -2.22. The molecule has 1 saturated heterocycles. The molecular formula is C13H18Cl2N2O. The third-order valence-corrected chi connectivity index (χ3v) is 4.05. The smallest absolute Gasteiger partial charge is 0.0551 e. The van der Waals surface area contributed by atoms with Gasteiger partial charge in [0.05, 0.1) is 12.7 Å². The first-order valence-corrected chi connectivity index (χ1v) is 6.87. The van der Waals surface area contributed by atoms with Gasteiger partial charge in [-0.25, -0.2) is 0 Å². The van der Waals surface area contributed by atoms with Crippen molar-refractivity contribution in [3.63, 3.8) is 0 Å². The summed E-state index contributed by atoms with van der Waals surface area (Å²) in [5, 5.41) is 1.34. The van der Waals surface area contributed by atoms with E-state index in [1.54, 1.807) is 6.07 Å². The molecule has 1 aromatic carbocycles.